The molecule has 1 fully saturated rings. The van der Waals surface area contributed by atoms with Gasteiger partial charge in [-0.15, -0.1) is 0 Å². The van der Waals surface area contributed by atoms with Crippen LogP contribution in [0.25, 0.3) is 12.2 Å². The molecule has 360 valence electrons. The van der Waals surface area contributed by atoms with Gasteiger partial charge < -0.3 is 83.1 Å². The summed E-state index contributed by atoms with van der Waals surface area (Å²) in [6.45, 7) is -1.33. The SMILES string of the molecule is COc1cc(C=CC(=O)OC[C@H]2O[C@@H](Oc3c(OC)cc4c(c3OC)[C@H](c3cc(OC)c(O)c(OC)c3)[C@@H](CO)[C@H](CO)C4)[C@H](O)[C@@H](O)[C@@H]2OC(=O)C=Cc2ccc(O)c(OC)c2)ccc1O. The minimum absolute atomic E-state index is 0.0639. The van der Waals surface area contributed by atoms with Gasteiger partial charge in [0.2, 0.25) is 17.8 Å². The Bertz CT molecular complexity index is 2420. The molecule has 1 aliphatic carbocycles. The number of carbonyl (C=O) groups excluding carboxylic acids is 2. The van der Waals surface area contributed by atoms with Crippen LogP contribution in [0, 0.1) is 11.8 Å². The highest BCUT2D eigenvalue weighted by atomic mass is 16.7. The zero-order chi connectivity index (χ0) is 48.5. The molecule has 0 aromatic heterocycles. The summed E-state index contributed by atoms with van der Waals surface area (Å²) >= 11 is 0. The van der Waals surface area contributed by atoms with Crippen LogP contribution in [0.15, 0.2) is 66.7 Å². The van der Waals surface area contributed by atoms with Crippen LogP contribution in [0.4, 0.5) is 0 Å². The van der Waals surface area contributed by atoms with Gasteiger partial charge in [-0.2, -0.15) is 0 Å². The second kappa shape index (κ2) is 22.1. The molecular weight excluding hydrogens is 881 g/mol. The number of methoxy groups -OCH3 is 6. The lowest BCUT2D eigenvalue weighted by atomic mass is 9.66. The number of aliphatic hydroxyl groups is 4. The van der Waals surface area contributed by atoms with E-state index < -0.39 is 67.0 Å². The normalized spacial score (nSPS) is 22.4. The molecule has 0 bridgehead atoms. The molecule has 0 spiro atoms. The average Bonchev–Trinajstić information content (AvgIpc) is 3.34. The van der Waals surface area contributed by atoms with Crippen LogP contribution in [0.5, 0.6) is 57.5 Å². The molecule has 19 nitrogen and oxygen atoms in total. The maximum atomic E-state index is 13.3. The van der Waals surface area contributed by atoms with E-state index >= 15 is 0 Å². The van der Waals surface area contributed by atoms with Crippen molar-refractivity contribution in [1.82, 2.24) is 0 Å². The molecule has 1 heterocycles. The molecule has 4 aromatic rings. The van der Waals surface area contributed by atoms with Gasteiger partial charge in [0.15, 0.2) is 52.1 Å². The van der Waals surface area contributed by atoms with Gasteiger partial charge >= 0.3 is 11.9 Å². The molecule has 1 aliphatic heterocycles. The van der Waals surface area contributed by atoms with E-state index in [1.54, 1.807) is 18.2 Å². The van der Waals surface area contributed by atoms with Gasteiger partial charge in [-0.3, -0.25) is 0 Å². The number of ether oxygens (including phenoxy) is 10. The Morgan fingerprint density at radius 1 is 0.672 bits per heavy atom. The summed E-state index contributed by atoms with van der Waals surface area (Å²) in [7, 11) is 8.18. The first-order chi connectivity index (χ1) is 32.2. The van der Waals surface area contributed by atoms with Crippen LogP contribution < -0.4 is 33.2 Å². The predicted octanol–water partition coefficient (Wildman–Crippen LogP) is 3.47. The highest BCUT2D eigenvalue weighted by Gasteiger charge is 2.49. The summed E-state index contributed by atoms with van der Waals surface area (Å²) in [5.41, 5.74) is 2.55. The zero-order valence-electron chi connectivity index (χ0n) is 37.5. The number of aliphatic hydroxyl groups excluding tert-OH is 4. The van der Waals surface area contributed by atoms with Crippen LogP contribution in [0.3, 0.4) is 0 Å². The summed E-state index contributed by atoms with van der Waals surface area (Å²) in [5.74, 6) is -3.73. The van der Waals surface area contributed by atoms with Crippen molar-refractivity contribution in [3.05, 3.63) is 94.6 Å². The van der Waals surface area contributed by atoms with E-state index in [4.69, 9.17) is 47.4 Å². The maximum absolute atomic E-state index is 13.3. The Morgan fingerprint density at radius 2 is 1.24 bits per heavy atom. The second-order valence-corrected chi connectivity index (χ2v) is 15.5. The van der Waals surface area contributed by atoms with E-state index in [0.717, 1.165) is 12.2 Å². The minimum atomic E-state index is -1.93. The molecule has 0 unspecified atom stereocenters. The summed E-state index contributed by atoms with van der Waals surface area (Å²) in [6, 6.07) is 13.5. The molecular formula is C48H54O19. The van der Waals surface area contributed by atoms with Gasteiger partial charge in [0, 0.05) is 36.8 Å². The fourth-order valence-corrected chi connectivity index (χ4v) is 8.25. The van der Waals surface area contributed by atoms with Gasteiger partial charge in [-0.05, 0) is 95.1 Å². The number of carbonyl (C=O) groups is 2. The number of phenols is 3. The summed E-state index contributed by atoms with van der Waals surface area (Å²) in [5, 5.41) is 75.4. The summed E-state index contributed by atoms with van der Waals surface area (Å²) in [6.07, 6.45) is -3.63. The quantitative estimate of drug-likeness (QED) is 0.0556. The molecule has 67 heavy (non-hydrogen) atoms. The van der Waals surface area contributed by atoms with Crippen molar-refractivity contribution in [3.63, 3.8) is 0 Å². The highest BCUT2D eigenvalue weighted by molar-refractivity contribution is 5.88. The third-order valence-corrected chi connectivity index (χ3v) is 11.6. The van der Waals surface area contributed by atoms with Gasteiger partial charge in [0.05, 0.1) is 42.7 Å². The number of fused-ring (bicyclic) bond motifs is 1. The lowest BCUT2D eigenvalue weighted by Gasteiger charge is -2.42. The first-order valence-corrected chi connectivity index (χ1v) is 20.8. The first-order valence-electron chi connectivity index (χ1n) is 20.8. The van der Waals surface area contributed by atoms with Crippen LogP contribution in [0.1, 0.15) is 33.7 Å². The molecule has 2 aliphatic rings. The van der Waals surface area contributed by atoms with Gasteiger partial charge in [0.25, 0.3) is 0 Å². The first kappa shape index (κ1) is 49.5. The van der Waals surface area contributed by atoms with Crippen molar-refractivity contribution < 1.29 is 92.7 Å². The lowest BCUT2D eigenvalue weighted by molar-refractivity contribution is -0.281. The van der Waals surface area contributed by atoms with E-state index in [2.05, 4.69) is 0 Å². The van der Waals surface area contributed by atoms with Crippen LogP contribution >= 0.6 is 0 Å². The topological polar surface area (TPSA) is 268 Å². The fraction of sp³-hybridized carbons (Fsp3) is 0.375. The van der Waals surface area contributed by atoms with Crippen molar-refractivity contribution in [3.8, 4) is 57.5 Å². The van der Waals surface area contributed by atoms with Crippen molar-refractivity contribution >= 4 is 24.1 Å². The highest BCUT2D eigenvalue weighted by Crippen LogP contribution is 2.55. The fourth-order valence-electron chi connectivity index (χ4n) is 8.25. The van der Waals surface area contributed by atoms with Crippen LogP contribution in [0.2, 0.25) is 0 Å². The number of rotatable bonds is 18. The Labute approximate surface area is 385 Å². The number of hydrogen-bond donors (Lipinski definition) is 7. The smallest absolute Gasteiger partial charge is 0.331 e. The second-order valence-electron chi connectivity index (χ2n) is 15.5. The van der Waals surface area contributed by atoms with Crippen LogP contribution in [-0.4, -0.2) is 141 Å². The standard InChI is InChI=1S/C48H54O19/c1-58-32-15-24(7-11-30(32)51)9-13-38(53)64-23-37-45(66-39(54)14-10-25-8-12-31(52)33(16-25)59-2)43(56)44(57)48(65-37)67-46-36(62-5)20-26-17-28(21-49)29(22-50)40(41(26)47(46)63-6)27-18-34(60-3)42(55)35(19-27)61-4/h7-16,18-20,28-29,37,40,43-45,48-52,55-57H,17,21-23H2,1-6H3/t28-,29-,37+,40+,43+,44+,45+,48-/m0/s1. The minimum Gasteiger partial charge on any atom is -0.504 e. The Balaban J connectivity index is 1.36. The van der Waals surface area contributed by atoms with E-state index in [0.29, 0.717) is 27.8 Å². The molecule has 0 saturated carbocycles. The van der Waals surface area contributed by atoms with E-state index in [-0.39, 0.29) is 77.1 Å². The van der Waals surface area contributed by atoms with E-state index in [9.17, 15) is 45.3 Å². The third kappa shape index (κ3) is 10.7. The molecule has 19 heteroatoms. The monoisotopic (exact) mass is 934 g/mol. The number of hydrogen-bond acceptors (Lipinski definition) is 19. The molecule has 8 atom stereocenters. The van der Waals surface area contributed by atoms with Crippen molar-refractivity contribution in [2.24, 2.45) is 11.8 Å². The van der Waals surface area contributed by atoms with Crippen molar-refractivity contribution in [2.45, 2.75) is 43.0 Å². The number of aromatic hydroxyl groups is 3. The lowest BCUT2D eigenvalue weighted by Crippen LogP contribution is -2.61. The third-order valence-electron chi connectivity index (χ3n) is 11.6. The molecule has 1 saturated heterocycles. The number of esters is 2. The molecule has 0 amide bonds. The van der Waals surface area contributed by atoms with E-state index in [1.807, 2.05) is 0 Å². The summed E-state index contributed by atoms with van der Waals surface area (Å²) in [4.78, 5) is 26.4. The Kier molecular flexibility index (Phi) is 16.3. The number of phenolic OH excluding ortho intramolecular Hbond substituents is 3. The Morgan fingerprint density at radius 3 is 1.76 bits per heavy atom. The van der Waals surface area contributed by atoms with Gasteiger partial charge in [-0.1, -0.05) is 12.1 Å². The predicted molar refractivity (Wildman–Crippen MR) is 237 cm³/mol. The summed E-state index contributed by atoms with van der Waals surface area (Å²) < 4.78 is 56.7. The zero-order valence-corrected chi connectivity index (χ0v) is 37.5. The maximum Gasteiger partial charge on any atom is 0.331 e. The largest absolute Gasteiger partial charge is 0.504 e. The van der Waals surface area contributed by atoms with Crippen LogP contribution in [-0.2, 0) is 30.2 Å². The van der Waals surface area contributed by atoms with Crippen molar-refractivity contribution in [1.29, 1.82) is 0 Å². The molecule has 4 aromatic carbocycles. The molecule has 7 N–H and O–H groups in total. The van der Waals surface area contributed by atoms with Gasteiger partial charge in [0.1, 0.15) is 24.9 Å². The number of benzene rings is 4. The molecule has 6 rings (SSSR count). The van der Waals surface area contributed by atoms with Crippen molar-refractivity contribution in [2.75, 3.05) is 62.5 Å². The Hall–Kier alpha value is -6.90. The van der Waals surface area contributed by atoms with E-state index in [1.165, 1.54) is 91.2 Å². The average molecular weight is 935 g/mol. The van der Waals surface area contributed by atoms with Gasteiger partial charge in [-0.25, -0.2) is 9.59 Å². The molecule has 0 radical (unpaired) electrons.